The third-order valence-corrected chi connectivity index (χ3v) is 4.19. The smallest absolute Gasteiger partial charge is 0.123 e. The van der Waals surface area contributed by atoms with Crippen LogP contribution in [0.25, 0.3) is 0 Å². The van der Waals surface area contributed by atoms with E-state index in [4.69, 9.17) is 24.1 Å². The minimum atomic E-state index is 0.233. The van der Waals surface area contributed by atoms with E-state index in [0.29, 0.717) is 26.4 Å². The van der Waals surface area contributed by atoms with E-state index >= 15 is 0 Å². The van der Waals surface area contributed by atoms with E-state index in [1.807, 2.05) is 24.3 Å². The van der Waals surface area contributed by atoms with Crippen LogP contribution in [0.5, 0.6) is 11.5 Å². The number of aldehydes is 2. The molecule has 1 aliphatic rings. The van der Waals surface area contributed by atoms with Gasteiger partial charge in [0.15, 0.2) is 0 Å². The van der Waals surface area contributed by atoms with Crippen LogP contribution in [0.15, 0.2) is 24.3 Å². The Morgan fingerprint density at radius 1 is 0.821 bits per heavy atom. The molecule has 0 amide bonds. The van der Waals surface area contributed by atoms with Crippen molar-refractivity contribution in [2.75, 3.05) is 47.8 Å². The molecule has 0 heterocycles. The third-order valence-electron chi connectivity index (χ3n) is 4.19. The van der Waals surface area contributed by atoms with Crippen molar-refractivity contribution in [3.63, 3.8) is 0 Å². The van der Waals surface area contributed by atoms with E-state index in [1.54, 1.807) is 14.2 Å². The van der Waals surface area contributed by atoms with Gasteiger partial charge in [0.1, 0.15) is 30.7 Å². The first-order chi connectivity index (χ1) is 13.7. The van der Waals surface area contributed by atoms with Gasteiger partial charge in [-0.15, -0.1) is 0 Å². The number of benzene rings is 1. The summed E-state index contributed by atoms with van der Waals surface area (Å²) in [5.74, 6) is 2.10. The lowest BCUT2D eigenvalue weighted by Gasteiger charge is -2.20. The Bertz CT molecular complexity index is 466. The summed E-state index contributed by atoms with van der Waals surface area (Å²) in [7, 11) is 4.29. The van der Waals surface area contributed by atoms with Crippen LogP contribution in [-0.2, 0) is 19.1 Å². The average molecular weight is 398 g/mol. The summed E-state index contributed by atoms with van der Waals surface area (Å²) >= 11 is 0. The summed E-state index contributed by atoms with van der Waals surface area (Å²) in [6.45, 7) is 2.32. The normalized spacial score (nSPS) is 17.9. The first kappa shape index (κ1) is 26.0. The van der Waals surface area contributed by atoms with Gasteiger partial charge in [-0.3, -0.25) is 0 Å². The monoisotopic (exact) mass is 398 g/mol. The molecule has 0 aromatic heterocycles. The molecule has 0 saturated heterocycles. The number of aliphatic hydroxyl groups excluding tert-OH is 1. The van der Waals surface area contributed by atoms with E-state index in [9.17, 15) is 9.59 Å². The molecule has 0 radical (unpaired) electrons. The topological polar surface area (TPSA) is 91.3 Å². The van der Waals surface area contributed by atoms with Crippen molar-refractivity contribution in [2.45, 2.75) is 25.7 Å². The molecule has 0 aliphatic heterocycles. The van der Waals surface area contributed by atoms with Crippen molar-refractivity contribution in [2.24, 2.45) is 11.8 Å². The Morgan fingerprint density at radius 3 is 1.71 bits per heavy atom. The van der Waals surface area contributed by atoms with Crippen molar-refractivity contribution >= 4 is 12.6 Å². The molecule has 2 rings (SSSR count). The predicted octanol–water partition coefficient (Wildman–Crippen LogP) is 2.54. The average Bonchev–Trinajstić information content (AvgIpc) is 2.78. The number of rotatable bonds is 10. The van der Waals surface area contributed by atoms with Gasteiger partial charge in [-0.05, 0) is 49.9 Å². The molecule has 0 atom stereocenters. The summed E-state index contributed by atoms with van der Waals surface area (Å²) < 4.78 is 20.6. The quantitative estimate of drug-likeness (QED) is 0.478. The highest BCUT2D eigenvalue weighted by Gasteiger charge is 2.19. The number of ether oxygens (including phenoxy) is 4. The second-order valence-electron chi connectivity index (χ2n) is 6.08. The fourth-order valence-electron chi connectivity index (χ4n) is 2.55. The second kappa shape index (κ2) is 18.4. The van der Waals surface area contributed by atoms with Crippen LogP contribution in [0.4, 0.5) is 0 Å². The molecule has 1 saturated carbocycles. The van der Waals surface area contributed by atoms with Crippen molar-refractivity contribution in [3.05, 3.63) is 24.3 Å². The Kier molecular flexibility index (Phi) is 17.1. The molecule has 1 N–H and O–H groups in total. The van der Waals surface area contributed by atoms with Crippen LogP contribution in [0, 0.1) is 11.8 Å². The fraction of sp³-hybridized carbons (Fsp3) is 0.619. The number of aliphatic hydroxyl groups is 1. The highest BCUT2D eigenvalue weighted by molar-refractivity contribution is 5.56. The van der Waals surface area contributed by atoms with Crippen molar-refractivity contribution in [1.82, 2.24) is 0 Å². The van der Waals surface area contributed by atoms with Crippen LogP contribution >= 0.6 is 0 Å². The van der Waals surface area contributed by atoms with Gasteiger partial charge in [-0.25, -0.2) is 0 Å². The van der Waals surface area contributed by atoms with Crippen molar-refractivity contribution in [3.8, 4) is 11.5 Å². The maximum absolute atomic E-state index is 10.3. The van der Waals surface area contributed by atoms with Crippen molar-refractivity contribution in [1.29, 1.82) is 0 Å². The third kappa shape index (κ3) is 12.4. The number of methoxy groups -OCH3 is 2. The predicted molar refractivity (Wildman–Crippen MR) is 107 cm³/mol. The molecule has 0 bridgehead atoms. The van der Waals surface area contributed by atoms with Gasteiger partial charge in [-0.1, -0.05) is 0 Å². The van der Waals surface area contributed by atoms with E-state index in [0.717, 1.165) is 56.9 Å². The maximum atomic E-state index is 10.3. The molecule has 28 heavy (non-hydrogen) atoms. The number of hydrogen-bond donors (Lipinski definition) is 1. The minimum Gasteiger partial charge on any atom is -0.497 e. The molecular formula is C21H34O7. The number of carbonyl (C=O) groups is 2. The SMILES string of the molecule is CO.COCCOCCOc1ccc(OC)cc1.O=CC1CCC(C=O)CC1. The summed E-state index contributed by atoms with van der Waals surface area (Å²) in [5, 5.41) is 7.00. The summed E-state index contributed by atoms with van der Waals surface area (Å²) in [5.41, 5.74) is 0. The van der Waals surface area contributed by atoms with Crippen molar-refractivity contribution < 1.29 is 33.6 Å². The van der Waals surface area contributed by atoms with E-state index < -0.39 is 0 Å². The minimum absolute atomic E-state index is 0.233. The molecule has 1 aromatic carbocycles. The largest absolute Gasteiger partial charge is 0.497 e. The van der Waals surface area contributed by atoms with Crippen LogP contribution in [0.1, 0.15) is 25.7 Å². The molecule has 160 valence electrons. The fourth-order valence-corrected chi connectivity index (χ4v) is 2.55. The highest BCUT2D eigenvalue weighted by Crippen LogP contribution is 2.25. The first-order valence-corrected chi connectivity index (χ1v) is 9.42. The lowest BCUT2D eigenvalue weighted by atomic mass is 9.84. The lowest BCUT2D eigenvalue weighted by molar-refractivity contribution is -0.115. The number of hydrogen-bond acceptors (Lipinski definition) is 7. The van der Waals surface area contributed by atoms with E-state index in [-0.39, 0.29) is 11.8 Å². The summed E-state index contributed by atoms with van der Waals surface area (Å²) in [6.07, 6.45) is 5.67. The Labute approximate surface area is 167 Å². The molecular weight excluding hydrogens is 364 g/mol. The number of carbonyl (C=O) groups excluding carboxylic acids is 2. The van der Waals surface area contributed by atoms with Gasteiger partial charge in [0.05, 0.1) is 26.9 Å². The first-order valence-electron chi connectivity index (χ1n) is 9.42. The van der Waals surface area contributed by atoms with Gasteiger partial charge in [-0.2, -0.15) is 0 Å². The zero-order chi connectivity index (χ0) is 21.0. The van der Waals surface area contributed by atoms with Crippen LogP contribution < -0.4 is 9.47 Å². The molecule has 1 aliphatic carbocycles. The standard InChI is InChI=1S/C12H18O4.C8H12O2.CH4O/c1-13-7-8-15-9-10-16-12-5-3-11(14-2)4-6-12;9-5-7-1-2-8(6-10)4-3-7;1-2/h3-6H,7-10H2,1-2H3;5-8H,1-4H2;2H,1H3. The van der Waals surface area contributed by atoms with Gasteiger partial charge >= 0.3 is 0 Å². The molecule has 7 heteroatoms. The lowest BCUT2D eigenvalue weighted by Crippen LogP contribution is -2.15. The van der Waals surface area contributed by atoms with Gasteiger partial charge in [0, 0.05) is 26.1 Å². The molecule has 1 fully saturated rings. The van der Waals surface area contributed by atoms with Crippen LogP contribution in [0.2, 0.25) is 0 Å². The Hall–Kier alpha value is -1.96. The van der Waals surface area contributed by atoms with Crippen LogP contribution in [-0.4, -0.2) is 65.4 Å². The molecule has 1 aromatic rings. The molecule has 7 nitrogen and oxygen atoms in total. The van der Waals surface area contributed by atoms with Gasteiger partial charge in [0.2, 0.25) is 0 Å². The van der Waals surface area contributed by atoms with E-state index in [1.165, 1.54) is 0 Å². The zero-order valence-electron chi connectivity index (χ0n) is 17.2. The van der Waals surface area contributed by atoms with E-state index in [2.05, 4.69) is 0 Å². The second-order valence-corrected chi connectivity index (χ2v) is 6.08. The van der Waals surface area contributed by atoms with Gasteiger partial charge < -0.3 is 33.6 Å². The zero-order valence-corrected chi connectivity index (χ0v) is 17.2. The maximum Gasteiger partial charge on any atom is 0.123 e. The van der Waals surface area contributed by atoms with Gasteiger partial charge in [0.25, 0.3) is 0 Å². The molecule has 0 spiro atoms. The Balaban J connectivity index is 0.000000520. The molecule has 0 unspecified atom stereocenters. The summed E-state index contributed by atoms with van der Waals surface area (Å²) in [6, 6.07) is 7.46. The van der Waals surface area contributed by atoms with Crippen LogP contribution in [0.3, 0.4) is 0 Å². The Morgan fingerprint density at radius 2 is 1.29 bits per heavy atom. The summed E-state index contributed by atoms with van der Waals surface area (Å²) in [4.78, 5) is 20.5. The highest BCUT2D eigenvalue weighted by atomic mass is 16.5.